The maximum atomic E-state index is 13.3. The van der Waals surface area contributed by atoms with Gasteiger partial charge in [0.1, 0.15) is 5.82 Å². The Morgan fingerprint density at radius 1 is 1.53 bits per heavy atom. The van der Waals surface area contributed by atoms with Gasteiger partial charge in [-0.25, -0.2) is 4.39 Å². The Bertz CT molecular complexity index is 441. The van der Waals surface area contributed by atoms with Crippen LogP contribution in [0.3, 0.4) is 0 Å². The van der Waals surface area contributed by atoms with E-state index in [1.165, 1.54) is 6.07 Å². The number of nitrogens with two attached hydrogens (primary N) is 1. The number of carbonyl (C=O) groups is 1. The molecule has 0 aliphatic heterocycles. The molecule has 2 rings (SSSR count). The Morgan fingerprint density at radius 3 is 2.76 bits per heavy atom. The zero-order valence-corrected chi connectivity index (χ0v) is 9.92. The van der Waals surface area contributed by atoms with E-state index in [1.54, 1.807) is 13.0 Å². The van der Waals surface area contributed by atoms with E-state index in [-0.39, 0.29) is 17.1 Å². The van der Waals surface area contributed by atoms with Crippen LogP contribution in [-0.2, 0) is 11.3 Å². The largest absolute Gasteiger partial charge is 0.352 e. The van der Waals surface area contributed by atoms with Crippen molar-refractivity contribution in [3.05, 3.63) is 35.1 Å². The Labute approximate surface area is 100 Å². The molecule has 0 spiro atoms. The topological polar surface area (TPSA) is 55.1 Å². The van der Waals surface area contributed by atoms with E-state index >= 15 is 0 Å². The fourth-order valence-electron chi connectivity index (χ4n) is 1.79. The smallest absolute Gasteiger partial charge is 0.227 e. The summed E-state index contributed by atoms with van der Waals surface area (Å²) in [6.07, 6.45) is 1.72. The van der Waals surface area contributed by atoms with Crippen molar-refractivity contribution in [2.24, 2.45) is 11.1 Å². The molecule has 3 nitrogen and oxygen atoms in total. The minimum atomic E-state index is -0.344. The third-order valence-electron chi connectivity index (χ3n) is 3.42. The van der Waals surface area contributed by atoms with Crippen molar-refractivity contribution < 1.29 is 9.18 Å². The predicted molar refractivity (Wildman–Crippen MR) is 63.7 cm³/mol. The lowest BCUT2D eigenvalue weighted by Crippen LogP contribution is -2.36. The fourth-order valence-corrected chi connectivity index (χ4v) is 1.79. The molecule has 0 bridgehead atoms. The summed E-state index contributed by atoms with van der Waals surface area (Å²) < 4.78 is 13.3. The third kappa shape index (κ3) is 2.47. The highest BCUT2D eigenvalue weighted by atomic mass is 19.1. The first kappa shape index (κ1) is 12.0. The lowest BCUT2D eigenvalue weighted by Gasteiger charge is -2.12. The van der Waals surface area contributed by atoms with Crippen LogP contribution in [0, 0.1) is 18.2 Å². The second kappa shape index (κ2) is 4.45. The standard InChI is InChI=1S/C13H17FN2O/c1-9-2-3-10(6-11(9)14)7-16-12(17)13(8-15)4-5-13/h2-3,6H,4-5,7-8,15H2,1H3,(H,16,17). The van der Waals surface area contributed by atoms with Gasteiger partial charge in [0.25, 0.3) is 0 Å². The molecular weight excluding hydrogens is 219 g/mol. The van der Waals surface area contributed by atoms with Crippen molar-refractivity contribution in [1.29, 1.82) is 0 Å². The van der Waals surface area contributed by atoms with Gasteiger partial charge in [0.2, 0.25) is 5.91 Å². The summed E-state index contributed by atoms with van der Waals surface area (Å²) in [6, 6.07) is 4.99. The highest BCUT2D eigenvalue weighted by Gasteiger charge is 2.48. The van der Waals surface area contributed by atoms with Crippen LogP contribution in [-0.4, -0.2) is 12.5 Å². The first-order valence-corrected chi connectivity index (χ1v) is 5.81. The predicted octanol–water partition coefficient (Wildman–Crippen LogP) is 1.49. The van der Waals surface area contributed by atoms with Gasteiger partial charge in [0.05, 0.1) is 5.41 Å². The van der Waals surface area contributed by atoms with E-state index in [1.807, 2.05) is 6.07 Å². The molecule has 0 saturated heterocycles. The molecule has 1 aromatic carbocycles. The summed E-state index contributed by atoms with van der Waals surface area (Å²) in [5, 5.41) is 2.81. The number of benzene rings is 1. The molecular formula is C13H17FN2O. The van der Waals surface area contributed by atoms with Crippen molar-refractivity contribution in [1.82, 2.24) is 5.32 Å². The van der Waals surface area contributed by atoms with Gasteiger partial charge in [-0.1, -0.05) is 12.1 Å². The molecule has 0 atom stereocenters. The van der Waals surface area contributed by atoms with Gasteiger partial charge in [-0.15, -0.1) is 0 Å². The lowest BCUT2D eigenvalue weighted by atomic mass is 10.1. The van der Waals surface area contributed by atoms with E-state index in [4.69, 9.17) is 5.73 Å². The molecule has 1 aromatic rings. The molecule has 1 fully saturated rings. The summed E-state index contributed by atoms with van der Waals surface area (Å²) in [5.74, 6) is -0.252. The first-order valence-electron chi connectivity index (χ1n) is 5.81. The number of nitrogens with one attached hydrogen (secondary N) is 1. The van der Waals surface area contributed by atoms with E-state index in [0.29, 0.717) is 18.7 Å². The summed E-state index contributed by atoms with van der Waals surface area (Å²) in [4.78, 5) is 11.8. The molecule has 0 aromatic heterocycles. The number of hydrogen-bond donors (Lipinski definition) is 2. The van der Waals surface area contributed by atoms with Crippen molar-refractivity contribution in [3.8, 4) is 0 Å². The van der Waals surface area contributed by atoms with Gasteiger partial charge in [0, 0.05) is 13.1 Å². The summed E-state index contributed by atoms with van der Waals surface area (Å²) in [6.45, 7) is 2.46. The molecule has 4 heteroatoms. The van der Waals surface area contributed by atoms with E-state index in [2.05, 4.69) is 5.32 Å². The SMILES string of the molecule is Cc1ccc(CNC(=O)C2(CN)CC2)cc1F. The van der Waals surface area contributed by atoms with Gasteiger partial charge in [-0.3, -0.25) is 4.79 Å². The van der Waals surface area contributed by atoms with Crippen molar-refractivity contribution in [2.45, 2.75) is 26.3 Å². The minimum Gasteiger partial charge on any atom is -0.352 e. The highest BCUT2D eigenvalue weighted by Crippen LogP contribution is 2.44. The van der Waals surface area contributed by atoms with Crippen LogP contribution in [0.5, 0.6) is 0 Å². The molecule has 1 aliphatic rings. The first-order chi connectivity index (χ1) is 8.07. The molecule has 0 heterocycles. The number of carbonyl (C=O) groups excluding carboxylic acids is 1. The van der Waals surface area contributed by atoms with Crippen molar-refractivity contribution in [3.63, 3.8) is 0 Å². The maximum absolute atomic E-state index is 13.3. The number of aryl methyl sites for hydroxylation is 1. The minimum absolute atomic E-state index is 0.0130. The maximum Gasteiger partial charge on any atom is 0.227 e. The number of amides is 1. The number of halogens is 1. The molecule has 0 radical (unpaired) electrons. The Morgan fingerprint density at radius 2 is 2.24 bits per heavy atom. The molecule has 92 valence electrons. The van der Waals surface area contributed by atoms with Gasteiger partial charge in [-0.05, 0) is 37.0 Å². The van der Waals surface area contributed by atoms with Gasteiger partial charge in [0.15, 0.2) is 0 Å². The number of rotatable bonds is 4. The van der Waals surface area contributed by atoms with E-state index in [0.717, 1.165) is 18.4 Å². The monoisotopic (exact) mass is 236 g/mol. The van der Waals surface area contributed by atoms with Gasteiger partial charge < -0.3 is 11.1 Å². The second-order valence-corrected chi connectivity index (χ2v) is 4.75. The molecule has 1 saturated carbocycles. The van der Waals surface area contributed by atoms with Crippen molar-refractivity contribution in [2.75, 3.05) is 6.54 Å². The zero-order valence-electron chi connectivity index (χ0n) is 9.92. The van der Waals surface area contributed by atoms with Gasteiger partial charge >= 0.3 is 0 Å². The lowest BCUT2D eigenvalue weighted by molar-refractivity contribution is -0.126. The van der Waals surface area contributed by atoms with Crippen LogP contribution < -0.4 is 11.1 Å². The molecule has 17 heavy (non-hydrogen) atoms. The second-order valence-electron chi connectivity index (χ2n) is 4.75. The average Bonchev–Trinajstić information content (AvgIpc) is 3.11. The summed E-state index contributed by atoms with van der Waals surface area (Å²) in [5.41, 5.74) is 6.60. The fraction of sp³-hybridized carbons (Fsp3) is 0.462. The Kier molecular flexibility index (Phi) is 3.15. The molecule has 1 amide bonds. The van der Waals surface area contributed by atoms with Gasteiger partial charge in [-0.2, -0.15) is 0 Å². The molecule has 0 unspecified atom stereocenters. The zero-order chi connectivity index (χ0) is 12.5. The van der Waals surface area contributed by atoms with Crippen LogP contribution in [0.4, 0.5) is 4.39 Å². The van der Waals surface area contributed by atoms with Crippen LogP contribution in [0.15, 0.2) is 18.2 Å². The quantitative estimate of drug-likeness (QED) is 0.832. The summed E-state index contributed by atoms with van der Waals surface area (Å²) >= 11 is 0. The average molecular weight is 236 g/mol. The Balaban J connectivity index is 1.94. The highest BCUT2D eigenvalue weighted by molar-refractivity contribution is 5.85. The van der Waals surface area contributed by atoms with Crippen LogP contribution in [0.2, 0.25) is 0 Å². The van der Waals surface area contributed by atoms with Crippen LogP contribution >= 0.6 is 0 Å². The van der Waals surface area contributed by atoms with E-state index < -0.39 is 0 Å². The van der Waals surface area contributed by atoms with Crippen molar-refractivity contribution >= 4 is 5.91 Å². The molecule has 3 N–H and O–H groups in total. The van der Waals surface area contributed by atoms with E-state index in [9.17, 15) is 9.18 Å². The summed E-state index contributed by atoms with van der Waals surface area (Å²) in [7, 11) is 0. The Hall–Kier alpha value is -1.42. The third-order valence-corrected chi connectivity index (χ3v) is 3.42. The van der Waals surface area contributed by atoms with Crippen LogP contribution in [0.25, 0.3) is 0 Å². The van der Waals surface area contributed by atoms with Crippen LogP contribution in [0.1, 0.15) is 24.0 Å². The normalized spacial score (nSPS) is 16.6. The molecule has 1 aliphatic carbocycles. The number of hydrogen-bond acceptors (Lipinski definition) is 2.